The van der Waals surface area contributed by atoms with Crippen LogP contribution in [0.2, 0.25) is 0 Å². The number of benzene rings is 10. The van der Waals surface area contributed by atoms with Crippen LogP contribution in [0.1, 0.15) is 69.8 Å². The monoisotopic (exact) mass is 1930 g/mol. The lowest BCUT2D eigenvalue weighted by Gasteiger charge is -2.27. The second kappa shape index (κ2) is 45.6. The highest BCUT2D eigenvalue weighted by atomic mass is 32.2. The number of anilines is 5. The quantitative estimate of drug-likeness (QED) is 0.0306. The molecule has 0 unspecified atom stereocenters. The van der Waals surface area contributed by atoms with Crippen LogP contribution in [-0.2, 0) is 84.8 Å². The number of para-hydroxylation sites is 5. The second-order valence-electron chi connectivity index (χ2n) is 29.1. The van der Waals surface area contributed by atoms with Crippen molar-refractivity contribution in [2.75, 3.05) is 158 Å². The van der Waals surface area contributed by atoms with E-state index in [1.807, 2.05) is 0 Å². The minimum absolute atomic E-state index is 0.00185. The average Bonchev–Trinajstić information content (AvgIpc) is 0.793. The van der Waals surface area contributed by atoms with Crippen molar-refractivity contribution in [3.8, 4) is 0 Å². The average molecular weight is 1930 g/mol. The Morgan fingerprint density at radius 3 is 0.969 bits per heavy atom. The maximum atomic E-state index is 14.0. The number of halogens is 5. The highest BCUT2D eigenvalue weighted by molar-refractivity contribution is 7.91. The maximum absolute atomic E-state index is 14.0. The molecule has 4 aliphatic heterocycles. The summed E-state index contributed by atoms with van der Waals surface area (Å²) in [5.74, 6) is -7.89. The molecule has 43 heteroatoms. The molecule has 0 aliphatic carbocycles. The summed E-state index contributed by atoms with van der Waals surface area (Å²) in [6.45, 7) is 6.60. The van der Waals surface area contributed by atoms with Gasteiger partial charge in [0.2, 0.25) is 50.1 Å². The number of sulfone groups is 1. The highest BCUT2D eigenvalue weighted by Crippen LogP contribution is 2.34. The fourth-order valence-electron chi connectivity index (χ4n) is 12.9. The molecule has 0 aromatic heterocycles. The number of alkyl halides is 2. The molecule has 698 valence electrons. The number of aliphatic hydroxyl groups is 1. The van der Waals surface area contributed by atoms with Crippen LogP contribution < -0.4 is 26.6 Å². The van der Waals surface area contributed by atoms with Gasteiger partial charge in [0, 0.05) is 101 Å². The number of rotatable bonds is 24. The van der Waals surface area contributed by atoms with Gasteiger partial charge in [0.15, 0.2) is 9.84 Å². The van der Waals surface area contributed by atoms with Crippen LogP contribution in [0.4, 0.5) is 50.4 Å². The van der Waals surface area contributed by atoms with Crippen LogP contribution >= 0.6 is 0 Å². The number of aliphatic hydroxyl groups excluding tert-OH is 1. The van der Waals surface area contributed by atoms with Gasteiger partial charge in [0.25, 0.3) is 35.5 Å². The summed E-state index contributed by atoms with van der Waals surface area (Å²) in [5.41, 5.74) is 1.37. The lowest BCUT2D eigenvalue weighted by atomic mass is 10.1. The van der Waals surface area contributed by atoms with Crippen LogP contribution in [0.3, 0.4) is 0 Å². The van der Waals surface area contributed by atoms with E-state index in [4.69, 9.17) is 24.1 Å². The number of carbonyl (C=O) groups excluding carboxylic acids is 5. The summed E-state index contributed by atoms with van der Waals surface area (Å²) in [6.07, 6.45) is 1.08. The molecule has 10 aromatic carbocycles. The molecule has 14 rings (SSSR count). The van der Waals surface area contributed by atoms with Gasteiger partial charge in [-0.05, 0) is 158 Å². The van der Waals surface area contributed by atoms with Crippen molar-refractivity contribution >= 4 is 118 Å². The van der Waals surface area contributed by atoms with Gasteiger partial charge in [0.1, 0.15) is 41.9 Å². The first-order valence-electron chi connectivity index (χ1n) is 40.1. The highest BCUT2D eigenvalue weighted by Gasteiger charge is 2.35. The van der Waals surface area contributed by atoms with E-state index in [1.165, 1.54) is 188 Å². The second-order valence-corrected chi connectivity index (χ2v) is 40.8. The molecular weight excluding hydrogens is 1840 g/mol. The molecule has 0 bridgehead atoms. The van der Waals surface area contributed by atoms with Crippen LogP contribution in [0.5, 0.6) is 0 Å². The number of likely N-dealkylation sites (N-methyl/N-ethyl adjacent to an activating group) is 1. The normalized spacial score (nSPS) is 15.0. The molecule has 32 nitrogen and oxygen atoms in total. The first kappa shape index (κ1) is 102. The Morgan fingerprint density at radius 1 is 0.374 bits per heavy atom. The lowest BCUT2D eigenvalue weighted by Crippen LogP contribution is -2.40. The number of morpholine rings is 4. The summed E-state index contributed by atoms with van der Waals surface area (Å²) < 4.78 is 246. The number of sulfonamides is 5. The molecule has 10 aromatic rings. The minimum atomic E-state index is -3.87. The topological polar surface area (TPSA) is 424 Å². The number of carbonyl (C=O) groups is 5. The molecule has 0 spiro atoms. The van der Waals surface area contributed by atoms with E-state index in [9.17, 15) is 96.4 Å². The third-order valence-electron chi connectivity index (χ3n) is 19.9. The molecule has 6 N–H and O–H groups in total. The predicted octanol–water partition coefficient (Wildman–Crippen LogP) is 10.6. The van der Waals surface area contributed by atoms with E-state index in [-0.39, 0.29) is 157 Å². The van der Waals surface area contributed by atoms with E-state index in [0.717, 1.165) is 29.6 Å². The Balaban J connectivity index is 0.000000170. The van der Waals surface area contributed by atoms with Gasteiger partial charge >= 0.3 is 0 Å². The Kier molecular flexibility index (Phi) is 35.3. The Labute approximate surface area is 755 Å². The molecule has 4 saturated heterocycles. The fourth-order valence-corrected chi connectivity index (χ4v) is 21.0. The van der Waals surface area contributed by atoms with Crippen molar-refractivity contribution in [2.45, 2.75) is 49.1 Å². The fraction of sp³-hybridized carbons (Fsp3) is 0.261. The molecule has 0 atom stereocenters. The van der Waals surface area contributed by atoms with E-state index < -0.39 is 113 Å². The molecular formula is C88H93F5N10O22S6. The number of hydrogen-bond donors (Lipinski definition) is 6. The van der Waals surface area contributed by atoms with Crippen molar-refractivity contribution in [3.05, 3.63) is 293 Å². The molecule has 131 heavy (non-hydrogen) atoms. The number of nitrogens with one attached hydrogen (secondary N) is 5. The molecule has 0 saturated carbocycles. The number of hydrogen-bond acceptors (Lipinski definition) is 22. The molecule has 4 heterocycles. The van der Waals surface area contributed by atoms with E-state index in [2.05, 4.69) is 26.6 Å². The summed E-state index contributed by atoms with van der Waals surface area (Å²) in [6, 6.07) is 55.4. The standard InChI is InChI=1S/C19H20F2N2O4S.C18H19FN2O4S.C18H20N2O6S2.C17H17FN2O4S.C16H17FN2O4S/c1-19(20,21)15-8-6-14(7-9-15)18(24)22-16-4-2-3-5-17(16)28(25,26)23-10-12-27-13-11-23;1-13-6-7-14(15(19)12-13)18(22)20-16-4-2-3-5-17(16)26(23,24)21-8-10-25-11-9-21;1-27(22,23)15-8-6-14(7-9-15)18(21)19-16-4-2-3-5-17(16)28(24,25)20-10-12-26-13-11-20;18-14-6-2-1-5-13(14)17(21)19-15-7-3-4-8-16(15)25(22,23)20-9-11-24-12-10-20;1-19(10-11-20)24(22,23)15-5-3-2-4-14(15)18-16(21)12-6-8-13(17)9-7-12/h2-9H,10-13H2,1H3,(H,22,24);2-7,12H,8-11H2,1H3,(H,20,22);2-9H,10-13H2,1H3,(H,19,21);1-8H,9-12H2,(H,19,21);2-9,20H,10-11H2,1H3,(H,18,21). The SMILES string of the molecule is CC(F)(F)c1ccc(C(=O)Nc2ccccc2S(=O)(=O)N2CCOCC2)cc1.CN(CCO)S(=O)(=O)c1ccccc1NC(=O)c1ccc(F)cc1.CS(=O)(=O)c1ccc(C(=O)Nc2ccccc2S(=O)(=O)N2CCOCC2)cc1.Cc1ccc(C(=O)Nc2ccccc2S(=O)(=O)N2CCOCC2)c(F)c1.O=C(Nc1ccccc1S(=O)(=O)N1CCOCC1)c1ccccc1F. The Morgan fingerprint density at radius 2 is 0.656 bits per heavy atom. The zero-order chi connectivity index (χ0) is 95.1. The van der Waals surface area contributed by atoms with Gasteiger partial charge in [0.05, 0.1) is 104 Å². The van der Waals surface area contributed by atoms with Crippen molar-refractivity contribution in [2.24, 2.45) is 0 Å². The summed E-state index contributed by atoms with van der Waals surface area (Å²) in [7, 11) is -21.1. The van der Waals surface area contributed by atoms with Gasteiger partial charge < -0.3 is 50.6 Å². The summed E-state index contributed by atoms with van der Waals surface area (Å²) in [5, 5.41) is 21.6. The molecule has 5 amide bonds. The van der Waals surface area contributed by atoms with Crippen molar-refractivity contribution < 1.29 is 120 Å². The largest absolute Gasteiger partial charge is 0.395 e. The number of amides is 5. The summed E-state index contributed by atoms with van der Waals surface area (Å²) in [4.78, 5) is 61.9. The smallest absolute Gasteiger partial charge is 0.270 e. The summed E-state index contributed by atoms with van der Waals surface area (Å²) >= 11 is 0. The third-order valence-corrected chi connectivity index (χ3v) is 30.8. The number of nitrogens with zero attached hydrogens (tertiary/aromatic N) is 5. The Bertz CT molecular complexity index is 6450. The minimum Gasteiger partial charge on any atom is -0.395 e. The first-order chi connectivity index (χ1) is 62.1. The van der Waals surface area contributed by atoms with E-state index in [0.29, 0.717) is 58.4 Å². The van der Waals surface area contributed by atoms with Gasteiger partial charge in [-0.2, -0.15) is 21.5 Å². The van der Waals surface area contributed by atoms with Gasteiger partial charge in [-0.3, -0.25) is 24.0 Å². The zero-order valence-corrected chi connectivity index (χ0v) is 75.7. The van der Waals surface area contributed by atoms with Crippen LogP contribution in [0, 0.1) is 24.4 Å². The van der Waals surface area contributed by atoms with Gasteiger partial charge in [-0.25, -0.2) is 72.5 Å². The van der Waals surface area contributed by atoms with Crippen LogP contribution in [0.15, 0.2) is 266 Å². The van der Waals surface area contributed by atoms with Gasteiger partial charge in [-0.15, -0.1) is 0 Å². The molecule has 4 aliphatic rings. The number of aryl methyl sites for hydroxylation is 1. The van der Waals surface area contributed by atoms with Crippen molar-refractivity contribution in [3.63, 3.8) is 0 Å². The van der Waals surface area contributed by atoms with Crippen LogP contribution in [0.25, 0.3) is 0 Å². The zero-order valence-electron chi connectivity index (χ0n) is 70.8. The van der Waals surface area contributed by atoms with Crippen molar-refractivity contribution in [1.29, 1.82) is 0 Å². The number of ether oxygens (including phenoxy) is 4. The van der Waals surface area contributed by atoms with Gasteiger partial charge in [-0.1, -0.05) is 91.0 Å². The molecule has 4 fully saturated rings. The first-order valence-corrected chi connectivity index (χ1v) is 49.2. The van der Waals surface area contributed by atoms with Crippen LogP contribution in [-0.4, -0.2) is 238 Å². The molecule has 0 radical (unpaired) electrons. The van der Waals surface area contributed by atoms with E-state index >= 15 is 0 Å². The Hall–Kier alpha value is -11.5. The predicted molar refractivity (Wildman–Crippen MR) is 477 cm³/mol. The third kappa shape index (κ3) is 26.9. The maximum Gasteiger partial charge on any atom is 0.270 e. The van der Waals surface area contributed by atoms with E-state index in [1.54, 1.807) is 67.6 Å². The lowest BCUT2D eigenvalue weighted by molar-refractivity contribution is 0.0174. The van der Waals surface area contributed by atoms with Crippen molar-refractivity contribution in [1.82, 2.24) is 21.5 Å².